The Kier molecular flexibility index (Phi) is 6.88. The number of para-hydroxylation sites is 1. The first-order valence-electron chi connectivity index (χ1n) is 19.2. The van der Waals surface area contributed by atoms with Crippen LogP contribution in [0.15, 0.2) is 152 Å². The predicted octanol–water partition coefficient (Wildman–Crippen LogP) is 13.1. The minimum atomic E-state index is -0.141. The summed E-state index contributed by atoms with van der Waals surface area (Å²) in [5.41, 5.74) is 14.5. The van der Waals surface area contributed by atoms with Gasteiger partial charge in [-0.2, -0.15) is 0 Å². The van der Waals surface area contributed by atoms with Gasteiger partial charge in [-0.3, -0.25) is 0 Å². The van der Waals surface area contributed by atoms with Crippen molar-refractivity contribution in [3.8, 4) is 90.5 Å². The van der Waals surface area contributed by atoms with Gasteiger partial charge in [0.25, 0.3) is 0 Å². The number of benzene rings is 7. The van der Waals surface area contributed by atoms with Gasteiger partial charge in [0.15, 0.2) is 40.5 Å². The van der Waals surface area contributed by atoms with Gasteiger partial charge in [-0.1, -0.05) is 161 Å². The van der Waals surface area contributed by atoms with E-state index >= 15 is 0 Å². The number of hydrogen-bond acceptors (Lipinski definition) is 5. The van der Waals surface area contributed by atoms with Gasteiger partial charge < -0.3 is 9.47 Å². The van der Waals surface area contributed by atoms with Crippen molar-refractivity contribution in [2.75, 3.05) is 0 Å². The second kappa shape index (κ2) is 11.8. The molecule has 0 spiro atoms. The van der Waals surface area contributed by atoms with Crippen molar-refractivity contribution in [3.05, 3.63) is 174 Å². The summed E-state index contributed by atoms with van der Waals surface area (Å²) in [7, 11) is 0. The van der Waals surface area contributed by atoms with Crippen LogP contribution in [0.25, 0.3) is 67.5 Å². The highest BCUT2D eigenvalue weighted by molar-refractivity contribution is 5.89. The topological polar surface area (TPSA) is 57.1 Å². The highest BCUT2D eigenvalue weighted by Crippen LogP contribution is 2.59. The number of fused-ring (bicyclic) bond motifs is 9. The molecule has 1 aromatic heterocycles. The van der Waals surface area contributed by atoms with E-state index in [1.165, 1.54) is 38.9 Å². The molecule has 0 amide bonds. The van der Waals surface area contributed by atoms with Crippen LogP contribution in [0, 0.1) is 0 Å². The van der Waals surface area contributed by atoms with Crippen molar-refractivity contribution in [1.82, 2.24) is 15.0 Å². The van der Waals surface area contributed by atoms with E-state index in [2.05, 4.69) is 131 Å². The van der Waals surface area contributed by atoms with Gasteiger partial charge in [0.1, 0.15) is 0 Å². The van der Waals surface area contributed by atoms with Crippen LogP contribution in [0.1, 0.15) is 49.9 Å². The highest BCUT2D eigenvalue weighted by Gasteiger charge is 2.40. The third-order valence-electron chi connectivity index (χ3n) is 12.0. The minimum Gasteiger partial charge on any atom is -0.449 e. The summed E-state index contributed by atoms with van der Waals surface area (Å²) in [6.45, 7) is 9.14. The van der Waals surface area contributed by atoms with Crippen LogP contribution in [0.2, 0.25) is 0 Å². The Morgan fingerprint density at radius 3 is 1.64 bits per heavy atom. The summed E-state index contributed by atoms with van der Waals surface area (Å²) >= 11 is 0. The highest BCUT2D eigenvalue weighted by atomic mass is 16.6. The van der Waals surface area contributed by atoms with Gasteiger partial charge in [-0.25, -0.2) is 15.0 Å². The van der Waals surface area contributed by atoms with Crippen molar-refractivity contribution >= 4 is 0 Å². The quantitative estimate of drug-likeness (QED) is 0.181. The molecule has 5 heteroatoms. The molecule has 0 unspecified atom stereocenters. The lowest BCUT2D eigenvalue weighted by Crippen LogP contribution is -2.15. The van der Waals surface area contributed by atoms with Crippen LogP contribution >= 0.6 is 0 Å². The first kappa shape index (κ1) is 32.6. The number of ether oxygens (including phenoxy) is 2. The second-order valence-corrected chi connectivity index (χ2v) is 16.0. The molecule has 3 aliphatic rings. The first-order valence-corrected chi connectivity index (χ1v) is 19.2. The lowest BCUT2D eigenvalue weighted by atomic mass is 9.82. The predicted molar refractivity (Wildman–Crippen MR) is 223 cm³/mol. The molecule has 2 heterocycles. The molecule has 0 atom stereocenters. The van der Waals surface area contributed by atoms with Gasteiger partial charge >= 0.3 is 0 Å². The Hall–Kier alpha value is -6.85. The Bertz CT molecular complexity index is 2910. The maximum atomic E-state index is 6.91. The molecule has 5 nitrogen and oxygen atoms in total. The standard InChI is InChI=1S/C51H37N3O2/c1-50(2)39-19-11-9-16-37(39)44-40(50)27-28-43-46(44)56-45-34(17-12-20-42(45)55-43)30-21-23-32(24-22-30)48-52-47(31-13-6-5-7-14-31)53-49(54-48)33-25-26-36-35-15-8-10-18-38(35)51(3,4)41(36)29-33/h5-29H,1-4H3. The zero-order valence-corrected chi connectivity index (χ0v) is 31.6. The lowest BCUT2D eigenvalue weighted by molar-refractivity contribution is 0.361. The van der Waals surface area contributed by atoms with Crippen molar-refractivity contribution in [2.45, 2.75) is 38.5 Å². The number of aromatic nitrogens is 3. The van der Waals surface area contributed by atoms with Crippen molar-refractivity contribution < 1.29 is 9.47 Å². The summed E-state index contributed by atoms with van der Waals surface area (Å²) < 4.78 is 13.5. The van der Waals surface area contributed by atoms with Gasteiger partial charge in [-0.15, -0.1) is 0 Å². The summed E-state index contributed by atoms with van der Waals surface area (Å²) in [6, 6.07) is 52.7. The SMILES string of the molecule is CC1(C)c2ccccc2-c2ccc(-c3nc(-c4ccccc4)nc(-c4ccc(-c5cccc6c5Oc5c(ccc7c5-c5ccccc5C7(C)C)O6)cc4)n3)cc21. The van der Waals surface area contributed by atoms with Gasteiger partial charge in [0.2, 0.25) is 0 Å². The average molecular weight is 724 g/mol. The monoisotopic (exact) mass is 723 g/mol. The minimum absolute atomic E-state index is 0.134. The van der Waals surface area contributed by atoms with Crippen LogP contribution in [-0.4, -0.2) is 15.0 Å². The van der Waals surface area contributed by atoms with E-state index in [0.717, 1.165) is 44.9 Å². The molecule has 56 heavy (non-hydrogen) atoms. The average Bonchev–Trinajstić information content (AvgIpc) is 3.62. The molecule has 7 aromatic carbocycles. The summed E-state index contributed by atoms with van der Waals surface area (Å²) in [5.74, 6) is 4.79. The van der Waals surface area contributed by atoms with Crippen molar-refractivity contribution in [1.29, 1.82) is 0 Å². The normalized spacial score (nSPS) is 14.6. The van der Waals surface area contributed by atoms with Crippen LogP contribution < -0.4 is 9.47 Å². The fourth-order valence-corrected chi connectivity index (χ4v) is 9.07. The van der Waals surface area contributed by atoms with Crippen LogP contribution in [-0.2, 0) is 10.8 Å². The maximum Gasteiger partial charge on any atom is 0.178 e. The molecule has 268 valence electrons. The molecule has 2 aliphatic carbocycles. The van der Waals surface area contributed by atoms with Gasteiger partial charge in [-0.05, 0) is 62.7 Å². The second-order valence-electron chi connectivity index (χ2n) is 16.0. The Morgan fingerprint density at radius 1 is 0.357 bits per heavy atom. The number of hydrogen-bond donors (Lipinski definition) is 0. The molecule has 0 saturated heterocycles. The van der Waals surface area contributed by atoms with E-state index in [-0.39, 0.29) is 10.8 Å². The molecule has 0 radical (unpaired) electrons. The molecule has 0 bridgehead atoms. The number of nitrogens with zero attached hydrogens (tertiary/aromatic N) is 3. The molecule has 0 fully saturated rings. The van der Waals surface area contributed by atoms with E-state index in [9.17, 15) is 0 Å². The Morgan fingerprint density at radius 2 is 0.893 bits per heavy atom. The van der Waals surface area contributed by atoms with E-state index in [1.54, 1.807) is 0 Å². The summed E-state index contributed by atoms with van der Waals surface area (Å²) in [4.78, 5) is 15.2. The third kappa shape index (κ3) is 4.77. The van der Waals surface area contributed by atoms with E-state index in [0.29, 0.717) is 29.0 Å². The smallest absolute Gasteiger partial charge is 0.178 e. The molecule has 8 aromatic rings. The van der Waals surface area contributed by atoms with Gasteiger partial charge in [0, 0.05) is 38.6 Å². The zero-order chi connectivity index (χ0) is 37.8. The summed E-state index contributed by atoms with van der Waals surface area (Å²) in [5, 5.41) is 0. The van der Waals surface area contributed by atoms with E-state index in [1.807, 2.05) is 48.5 Å². The molecule has 0 N–H and O–H groups in total. The third-order valence-corrected chi connectivity index (χ3v) is 12.0. The van der Waals surface area contributed by atoms with Crippen molar-refractivity contribution in [3.63, 3.8) is 0 Å². The summed E-state index contributed by atoms with van der Waals surface area (Å²) in [6.07, 6.45) is 0. The van der Waals surface area contributed by atoms with Crippen LogP contribution in [0.5, 0.6) is 23.0 Å². The van der Waals surface area contributed by atoms with Crippen LogP contribution in [0.3, 0.4) is 0 Å². The molecule has 1 aliphatic heterocycles. The number of rotatable bonds is 4. The lowest BCUT2D eigenvalue weighted by Gasteiger charge is -2.26. The van der Waals surface area contributed by atoms with Crippen LogP contribution in [0.4, 0.5) is 0 Å². The first-order chi connectivity index (χ1) is 27.3. The van der Waals surface area contributed by atoms with Crippen molar-refractivity contribution in [2.24, 2.45) is 0 Å². The zero-order valence-electron chi connectivity index (χ0n) is 31.6. The Balaban J connectivity index is 0.980. The fraction of sp³-hybridized carbons (Fsp3) is 0.118. The Labute approximate surface area is 326 Å². The largest absolute Gasteiger partial charge is 0.449 e. The van der Waals surface area contributed by atoms with Gasteiger partial charge in [0.05, 0.1) is 0 Å². The fourth-order valence-electron chi connectivity index (χ4n) is 9.07. The van der Waals surface area contributed by atoms with E-state index in [4.69, 9.17) is 24.4 Å². The molecule has 0 saturated carbocycles. The van der Waals surface area contributed by atoms with E-state index < -0.39 is 0 Å². The molecular formula is C51H37N3O2. The molecular weight excluding hydrogens is 687 g/mol. The molecule has 11 rings (SSSR count). The maximum absolute atomic E-state index is 6.91.